The smallest absolute Gasteiger partial charge is 0.125 e. The summed E-state index contributed by atoms with van der Waals surface area (Å²) in [4.78, 5) is 2.68. The number of allylic oxidation sites excluding steroid dienone is 1. The van der Waals surface area contributed by atoms with Gasteiger partial charge in [0.2, 0.25) is 0 Å². The molecule has 0 saturated carbocycles. The lowest BCUT2D eigenvalue weighted by Crippen LogP contribution is -2.40. The van der Waals surface area contributed by atoms with E-state index in [0.29, 0.717) is 12.5 Å². The number of methoxy groups -OCH3 is 1. The molecule has 1 heterocycles. The van der Waals surface area contributed by atoms with Gasteiger partial charge < -0.3 is 9.47 Å². The maximum atomic E-state index is 6.22. The van der Waals surface area contributed by atoms with Gasteiger partial charge in [-0.05, 0) is 90.8 Å². The van der Waals surface area contributed by atoms with E-state index in [0.717, 1.165) is 54.7 Å². The number of hydrogen-bond donors (Lipinski definition) is 0. The van der Waals surface area contributed by atoms with Crippen molar-refractivity contribution >= 4 is 5.57 Å². The summed E-state index contributed by atoms with van der Waals surface area (Å²) >= 11 is 0. The van der Waals surface area contributed by atoms with Crippen molar-refractivity contribution in [3.63, 3.8) is 0 Å². The Bertz CT molecular complexity index is 1010. The Hall–Kier alpha value is -2.26. The highest BCUT2D eigenvalue weighted by atomic mass is 16.5. The molecule has 0 spiro atoms. The van der Waals surface area contributed by atoms with Crippen molar-refractivity contribution in [2.75, 3.05) is 26.7 Å². The van der Waals surface area contributed by atoms with Crippen molar-refractivity contribution in [2.24, 2.45) is 17.8 Å². The fraction of sp³-hybridized carbons (Fsp3) is 0.548. The van der Waals surface area contributed by atoms with E-state index in [4.69, 9.17) is 9.47 Å². The molecule has 34 heavy (non-hydrogen) atoms. The summed E-state index contributed by atoms with van der Waals surface area (Å²) in [5.74, 6) is 4.12. The number of piperidine rings is 1. The first-order valence-electron chi connectivity index (χ1n) is 13.1. The first-order chi connectivity index (χ1) is 16.3. The van der Waals surface area contributed by atoms with Crippen molar-refractivity contribution in [2.45, 2.75) is 66.9 Å². The fourth-order valence-corrected chi connectivity index (χ4v) is 5.95. The molecule has 1 saturated heterocycles. The van der Waals surface area contributed by atoms with Crippen LogP contribution in [0, 0.1) is 17.8 Å². The maximum absolute atomic E-state index is 6.22. The van der Waals surface area contributed by atoms with Gasteiger partial charge in [0.25, 0.3) is 0 Å². The van der Waals surface area contributed by atoms with Gasteiger partial charge in [-0.2, -0.15) is 0 Å². The molecule has 2 aromatic carbocycles. The second-order valence-electron chi connectivity index (χ2n) is 11.2. The van der Waals surface area contributed by atoms with E-state index in [1.807, 2.05) is 0 Å². The van der Waals surface area contributed by atoms with E-state index < -0.39 is 0 Å². The number of nitrogens with zero attached hydrogens (tertiary/aromatic N) is 1. The molecule has 3 heteroatoms. The van der Waals surface area contributed by atoms with E-state index in [1.165, 1.54) is 41.8 Å². The highest BCUT2D eigenvalue weighted by molar-refractivity contribution is 5.72. The van der Waals surface area contributed by atoms with Crippen molar-refractivity contribution in [1.82, 2.24) is 4.90 Å². The van der Waals surface area contributed by atoms with Crippen LogP contribution in [0.2, 0.25) is 0 Å². The summed E-state index contributed by atoms with van der Waals surface area (Å²) in [5, 5.41) is 0. The number of aryl methyl sites for hydroxylation is 1. The zero-order valence-corrected chi connectivity index (χ0v) is 22.1. The van der Waals surface area contributed by atoms with Gasteiger partial charge in [-0.15, -0.1) is 0 Å². The number of ether oxygens (including phenoxy) is 2. The fourth-order valence-electron chi connectivity index (χ4n) is 5.95. The molecular formula is C31H43NO2. The molecule has 1 fully saturated rings. The Kier molecular flexibility index (Phi) is 8.03. The highest BCUT2D eigenvalue weighted by Crippen LogP contribution is 2.35. The average Bonchev–Trinajstić information content (AvgIpc) is 2.79. The zero-order chi connectivity index (χ0) is 24.2. The van der Waals surface area contributed by atoms with Gasteiger partial charge in [-0.25, -0.2) is 0 Å². The lowest BCUT2D eigenvalue weighted by Gasteiger charge is -2.36. The second-order valence-corrected chi connectivity index (χ2v) is 11.2. The van der Waals surface area contributed by atoms with Gasteiger partial charge in [0, 0.05) is 25.2 Å². The van der Waals surface area contributed by atoms with Crippen molar-refractivity contribution in [3.05, 3.63) is 64.2 Å². The normalized spacial score (nSPS) is 21.0. The van der Waals surface area contributed by atoms with Crippen LogP contribution in [-0.2, 0) is 19.4 Å². The molecule has 0 amide bonds. The zero-order valence-electron chi connectivity index (χ0n) is 22.1. The Labute approximate surface area is 207 Å². The minimum absolute atomic E-state index is 0.523. The Morgan fingerprint density at radius 2 is 1.76 bits per heavy atom. The number of hydrogen-bond acceptors (Lipinski definition) is 3. The summed E-state index contributed by atoms with van der Waals surface area (Å²) in [5.41, 5.74) is 8.32. The third-order valence-electron chi connectivity index (χ3n) is 7.46. The predicted octanol–water partition coefficient (Wildman–Crippen LogP) is 7.17. The molecule has 0 bridgehead atoms. The monoisotopic (exact) mass is 461 g/mol. The van der Waals surface area contributed by atoms with Gasteiger partial charge in [0.1, 0.15) is 18.1 Å². The van der Waals surface area contributed by atoms with Crippen LogP contribution in [0.1, 0.15) is 69.7 Å². The van der Waals surface area contributed by atoms with Crippen LogP contribution in [-0.4, -0.2) is 31.6 Å². The average molecular weight is 462 g/mol. The second kappa shape index (κ2) is 11.0. The first kappa shape index (κ1) is 24.9. The summed E-state index contributed by atoms with van der Waals surface area (Å²) in [6, 6.07) is 13.2. The van der Waals surface area contributed by atoms with Gasteiger partial charge in [0.15, 0.2) is 0 Å². The highest BCUT2D eigenvalue weighted by Gasteiger charge is 2.24. The van der Waals surface area contributed by atoms with Gasteiger partial charge in [-0.1, -0.05) is 51.5 Å². The van der Waals surface area contributed by atoms with Crippen LogP contribution in [0.25, 0.3) is 5.57 Å². The standard InChI is InChI=1S/C31H43NO2/c1-21(2)13-25-7-8-28(31(15-25)33-6)20-34-29-11-12-30-24(5)27(10-9-26(30)16-29)19-32-17-22(3)14-23(4)18-32/h7-8,11-12,15-16,21-23H,9-10,13-14,17-20H2,1-6H3. The van der Waals surface area contributed by atoms with E-state index >= 15 is 0 Å². The molecule has 4 rings (SSSR count). The largest absolute Gasteiger partial charge is 0.496 e. The minimum Gasteiger partial charge on any atom is -0.496 e. The van der Waals surface area contributed by atoms with Gasteiger partial charge in [-0.3, -0.25) is 4.90 Å². The van der Waals surface area contributed by atoms with E-state index in [-0.39, 0.29) is 0 Å². The summed E-state index contributed by atoms with van der Waals surface area (Å²) in [6.45, 7) is 15.7. The molecule has 2 atom stereocenters. The van der Waals surface area contributed by atoms with Gasteiger partial charge >= 0.3 is 0 Å². The Balaban J connectivity index is 1.43. The maximum Gasteiger partial charge on any atom is 0.125 e. The number of likely N-dealkylation sites (tertiary alicyclic amines) is 1. The quantitative estimate of drug-likeness (QED) is 0.416. The van der Waals surface area contributed by atoms with Crippen LogP contribution in [0.5, 0.6) is 11.5 Å². The molecule has 3 nitrogen and oxygen atoms in total. The van der Waals surface area contributed by atoms with E-state index in [1.54, 1.807) is 12.7 Å². The summed E-state index contributed by atoms with van der Waals surface area (Å²) in [7, 11) is 1.74. The number of benzene rings is 2. The molecule has 0 aromatic heterocycles. The number of rotatable bonds is 8. The van der Waals surface area contributed by atoms with E-state index in [2.05, 4.69) is 75.9 Å². The molecule has 2 unspecified atom stereocenters. The molecule has 1 aliphatic carbocycles. The lowest BCUT2D eigenvalue weighted by molar-refractivity contribution is 0.151. The van der Waals surface area contributed by atoms with Crippen LogP contribution in [0.15, 0.2) is 42.0 Å². The Morgan fingerprint density at radius 3 is 2.47 bits per heavy atom. The third-order valence-corrected chi connectivity index (χ3v) is 7.46. The molecule has 0 N–H and O–H groups in total. The lowest BCUT2D eigenvalue weighted by atomic mass is 9.85. The van der Waals surface area contributed by atoms with Crippen LogP contribution in [0.3, 0.4) is 0 Å². The van der Waals surface area contributed by atoms with E-state index in [9.17, 15) is 0 Å². The van der Waals surface area contributed by atoms with Crippen molar-refractivity contribution < 1.29 is 9.47 Å². The molecular weight excluding hydrogens is 418 g/mol. The summed E-state index contributed by atoms with van der Waals surface area (Å²) < 4.78 is 11.9. The third kappa shape index (κ3) is 6.05. The van der Waals surface area contributed by atoms with Crippen LogP contribution in [0.4, 0.5) is 0 Å². The molecule has 2 aromatic rings. The number of fused-ring (bicyclic) bond motifs is 1. The first-order valence-corrected chi connectivity index (χ1v) is 13.1. The predicted molar refractivity (Wildman–Crippen MR) is 143 cm³/mol. The SMILES string of the molecule is COc1cc(CC(C)C)ccc1COc1ccc2c(c1)CCC(CN1CC(C)CC(C)C1)=C2C. The summed E-state index contributed by atoms with van der Waals surface area (Å²) in [6.07, 6.45) is 4.69. The van der Waals surface area contributed by atoms with Crippen molar-refractivity contribution in [1.29, 1.82) is 0 Å². The molecule has 0 radical (unpaired) electrons. The molecule has 2 aliphatic rings. The van der Waals surface area contributed by atoms with Gasteiger partial charge in [0.05, 0.1) is 7.11 Å². The Morgan fingerprint density at radius 1 is 1.00 bits per heavy atom. The van der Waals surface area contributed by atoms with Crippen LogP contribution >= 0.6 is 0 Å². The minimum atomic E-state index is 0.523. The topological polar surface area (TPSA) is 21.7 Å². The van der Waals surface area contributed by atoms with Crippen molar-refractivity contribution in [3.8, 4) is 11.5 Å². The molecule has 1 aliphatic heterocycles. The van der Waals surface area contributed by atoms with Crippen LogP contribution < -0.4 is 9.47 Å². The molecule has 184 valence electrons.